The predicted molar refractivity (Wildman–Crippen MR) is 82.6 cm³/mol. The van der Waals surface area contributed by atoms with E-state index in [1.54, 1.807) is 0 Å². The van der Waals surface area contributed by atoms with Crippen LogP contribution in [0.5, 0.6) is 5.75 Å². The maximum absolute atomic E-state index is 6.11. The van der Waals surface area contributed by atoms with E-state index in [0.29, 0.717) is 17.4 Å². The van der Waals surface area contributed by atoms with Crippen molar-refractivity contribution in [1.29, 1.82) is 0 Å². The minimum absolute atomic E-state index is 0.312. The van der Waals surface area contributed by atoms with Crippen molar-refractivity contribution in [3.63, 3.8) is 0 Å². The smallest absolute Gasteiger partial charge is 0.122 e. The zero-order valence-corrected chi connectivity index (χ0v) is 13.3. The van der Waals surface area contributed by atoms with E-state index in [2.05, 4.69) is 40.2 Å². The van der Waals surface area contributed by atoms with Crippen molar-refractivity contribution in [2.75, 3.05) is 18.5 Å². The minimum Gasteiger partial charge on any atom is -0.493 e. The van der Waals surface area contributed by atoms with Gasteiger partial charge in [-0.15, -0.1) is 0 Å². The third kappa shape index (κ3) is 2.10. The first-order valence-electron chi connectivity index (χ1n) is 7.72. The van der Waals surface area contributed by atoms with Gasteiger partial charge in [0.15, 0.2) is 0 Å². The van der Waals surface area contributed by atoms with Gasteiger partial charge in [-0.1, -0.05) is 34.1 Å². The summed E-state index contributed by atoms with van der Waals surface area (Å²) in [5, 5.41) is 1.06. The SMILES string of the molecule is BrCC1(CC2COc3ccccc32)CCOC1C1CC1. The third-order valence-electron chi connectivity index (χ3n) is 5.27. The van der Waals surface area contributed by atoms with Gasteiger partial charge < -0.3 is 9.47 Å². The lowest BCUT2D eigenvalue weighted by molar-refractivity contribution is 0.0337. The van der Waals surface area contributed by atoms with Gasteiger partial charge in [0.25, 0.3) is 0 Å². The summed E-state index contributed by atoms with van der Waals surface area (Å²) in [5.41, 5.74) is 1.71. The second-order valence-electron chi connectivity index (χ2n) is 6.62. The van der Waals surface area contributed by atoms with E-state index >= 15 is 0 Å². The molecule has 0 spiro atoms. The molecule has 0 aromatic heterocycles. The Morgan fingerprint density at radius 3 is 2.90 bits per heavy atom. The molecule has 2 nitrogen and oxygen atoms in total. The molecule has 0 N–H and O–H groups in total. The van der Waals surface area contributed by atoms with E-state index in [9.17, 15) is 0 Å². The van der Waals surface area contributed by atoms with Crippen LogP contribution < -0.4 is 4.74 Å². The highest BCUT2D eigenvalue weighted by molar-refractivity contribution is 9.09. The zero-order valence-electron chi connectivity index (χ0n) is 11.7. The second kappa shape index (κ2) is 5.03. The summed E-state index contributed by atoms with van der Waals surface area (Å²) < 4.78 is 12.0. The zero-order chi connectivity index (χ0) is 13.6. The normalized spacial score (nSPS) is 35.9. The lowest BCUT2D eigenvalue weighted by Crippen LogP contribution is -2.36. The molecule has 108 valence electrons. The van der Waals surface area contributed by atoms with Crippen LogP contribution in [0.1, 0.15) is 37.2 Å². The molecule has 3 atom stereocenters. The number of ether oxygens (including phenoxy) is 2. The predicted octanol–water partition coefficient (Wildman–Crippen LogP) is 4.13. The Balaban J connectivity index is 1.58. The molecule has 3 unspecified atom stereocenters. The fraction of sp³-hybridized carbons (Fsp3) is 0.647. The van der Waals surface area contributed by atoms with Crippen molar-refractivity contribution in [3.8, 4) is 5.75 Å². The van der Waals surface area contributed by atoms with Gasteiger partial charge >= 0.3 is 0 Å². The van der Waals surface area contributed by atoms with E-state index in [1.807, 2.05) is 0 Å². The summed E-state index contributed by atoms with van der Waals surface area (Å²) in [6, 6.07) is 8.52. The molecular weight excluding hydrogens is 316 g/mol. The minimum atomic E-state index is 0.312. The number of hydrogen-bond acceptors (Lipinski definition) is 2. The lowest BCUT2D eigenvalue weighted by Gasteiger charge is -2.34. The number of para-hydroxylation sites is 1. The summed E-state index contributed by atoms with van der Waals surface area (Å²) >= 11 is 3.80. The van der Waals surface area contributed by atoms with Gasteiger partial charge in [0.1, 0.15) is 5.75 Å². The standard InChI is InChI=1S/C17H21BrO2/c18-11-17(7-8-19-16(17)12-5-6-12)9-13-10-20-15-4-2-1-3-14(13)15/h1-4,12-13,16H,5-11H2. The second-order valence-corrected chi connectivity index (χ2v) is 7.19. The molecule has 3 heteroatoms. The Morgan fingerprint density at radius 2 is 2.10 bits per heavy atom. The monoisotopic (exact) mass is 336 g/mol. The van der Waals surface area contributed by atoms with Gasteiger partial charge in [-0.3, -0.25) is 0 Å². The van der Waals surface area contributed by atoms with Gasteiger partial charge in [0.2, 0.25) is 0 Å². The Bertz CT molecular complexity index is 500. The quantitative estimate of drug-likeness (QED) is 0.769. The molecule has 0 bridgehead atoms. The van der Waals surface area contributed by atoms with Gasteiger partial charge in [-0.05, 0) is 37.7 Å². The van der Waals surface area contributed by atoms with Crippen molar-refractivity contribution >= 4 is 15.9 Å². The number of hydrogen-bond donors (Lipinski definition) is 0. The molecule has 2 heterocycles. The molecule has 2 fully saturated rings. The van der Waals surface area contributed by atoms with Crippen LogP contribution in [0.2, 0.25) is 0 Å². The van der Waals surface area contributed by atoms with Gasteiger partial charge in [-0.2, -0.15) is 0 Å². The average molecular weight is 337 g/mol. The molecule has 0 amide bonds. The summed E-state index contributed by atoms with van der Waals surface area (Å²) in [6.45, 7) is 1.77. The fourth-order valence-electron chi connectivity index (χ4n) is 4.05. The van der Waals surface area contributed by atoms with Crippen LogP contribution in [-0.2, 0) is 4.74 Å². The molecule has 1 aromatic carbocycles. The highest BCUT2D eigenvalue weighted by Gasteiger charge is 2.51. The summed E-state index contributed by atoms with van der Waals surface area (Å²) in [6.07, 6.45) is 5.57. The van der Waals surface area contributed by atoms with Gasteiger partial charge in [0, 0.05) is 28.8 Å². The van der Waals surface area contributed by atoms with Gasteiger partial charge in [-0.25, -0.2) is 0 Å². The van der Waals surface area contributed by atoms with Crippen LogP contribution in [0.25, 0.3) is 0 Å². The first-order chi connectivity index (χ1) is 9.82. The number of benzene rings is 1. The van der Waals surface area contributed by atoms with E-state index in [1.165, 1.54) is 31.2 Å². The Morgan fingerprint density at radius 1 is 1.25 bits per heavy atom. The molecule has 1 aliphatic carbocycles. The van der Waals surface area contributed by atoms with Crippen molar-refractivity contribution in [2.45, 2.75) is 37.7 Å². The molecule has 4 rings (SSSR count). The van der Waals surface area contributed by atoms with Gasteiger partial charge in [0.05, 0.1) is 12.7 Å². The lowest BCUT2D eigenvalue weighted by atomic mass is 9.73. The molecular formula is C17H21BrO2. The van der Waals surface area contributed by atoms with Crippen LogP contribution in [0.4, 0.5) is 0 Å². The van der Waals surface area contributed by atoms with Crippen molar-refractivity contribution in [2.24, 2.45) is 11.3 Å². The van der Waals surface area contributed by atoms with Crippen molar-refractivity contribution in [3.05, 3.63) is 29.8 Å². The maximum Gasteiger partial charge on any atom is 0.122 e. The molecule has 3 aliphatic rings. The van der Waals surface area contributed by atoms with Crippen LogP contribution in [0.3, 0.4) is 0 Å². The maximum atomic E-state index is 6.11. The molecule has 2 aliphatic heterocycles. The molecule has 1 saturated heterocycles. The Kier molecular flexibility index (Phi) is 3.30. The highest BCUT2D eigenvalue weighted by Crippen LogP contribution is 2.53. The van der Waals surface area contributed by atoms with Crippen molar-refractivity contribution < 1.29 is 9.47 Å². The van der Waals surface area contributed by atoms with E-state index < -0.39 is 0 Å². The Hall–Kier alpha value is -0.540. The fourth-order valence-corrected chi connectivity index (χ4v) is 4.88. The Labute approximate surface area is 129 Å². The summed E-state index contributed by atoms with van der Waals surface area (Å²) in [7, 11) is 0. The number of halogens is 1. The molecule has 1 saturated carbocycles. The summed E-state index contributed by atoms with van der Waals surface area (Å²) in [4.78, 5) is 0. The van der Waals surface area contributed by atoms with Crippen molar-refractivity contribution in [1.82, 2.24) is 0 Å². The molecule has 20 heavy (non-hydrogen) atoms. The van der Waals surface area contributed by atoms with Crippen LogP contribution >= 0.6 is 15.9 Å². The van der Waals surface area contributed by atoms with E-state index in [0.717, 1.165) is 30.2 Å². The number of alkyl halides is 1. The van der Waals surface area contributed by atoms with E-state index in [4.69, 9.17) is 9.47 Å². The third-order valence-corrected chi connectivity index (χ3v) is 6.39. The van der Waals surface area contributed by atoms with Crippen LogP contribution in [0.15, 0.2) is 24.3 Å². The summed E-state index contributed by atoms with van der Waals surface area (Å²) in [5.74, 6) is 2.43. The number of fused-ring (bicyclic) bond motifs is 1. The van der Waals surface area contributed by atoms with Crippen LogP contribution in [0, 0.1) is 11.3 Å². The molecule has 1 aromatic rings. The highest BCUT2D eigenvalue weighted by atomic mass is 79.9. The van der Waals surface area contributed by atoms with Crippen LogP contribution in [-0.4, -0.2) is 24.6 Å². The largest absolute Gasteiger partial charge is 0.493 e. The molecule has 0 radical (unpaired) electrons. The first kappa shape index (κ1) is 13.1. The average Bonchev–Trinajstić information content (AvgIpc) is 3.12. The van der Waals surface area contributed by atoms with E-state index in [-0.39, 0.29) is 0 Å². The number of rotatable bonds is 4. The topological polar surface area (TPSA) is 18.5 Å². The first-order valence-corrected chi connectivity index (χ1v) is 8.84.